The van der Waals surface area contributed by atoms with Gasteiger partial charge in [0.25, 0.3) is 0 Å². The fraction of sp³-hybridized carbons (Fsp3) is 0.286. The van der Waals surface area contributed by atoms with Gasteiger partial charge in [0.05, 0.1) is 0 Å². The highest BCUT2D eigenvalue weighted by atomic mass is 79.9. The van der Waals surface area contributed by atoms with Gasteiger partial charge >= 0.3 is 0 Å². The lowest BCUT2D eigenvalue weighted by Gasteiger charge is -2.16. The molecule has 0 amide bonds. The molecule has 1 aromatic carbocycles. The summed E-state index contributed by atoms with van der Waals surface area (Å²) in [5.74, 6) is 0. The molecule has 2 aromatic rings. The van der Waals surface area contributed by atoms with Crippen LogP contribution in [0.15, 0.2) is 34.8 Å². The van der Waals surface area contributed by atoms with Crippen molar-refractivity contribution < 1.29 is 0 Å². The van der Waals surface area contributed by atoms with Crippen LogP contribution >= 0.6 is 50.5 Å². The Balaban J connectivity index is 2.20. The zero-order valence-corrected chi connectivity index (χ0v) is 14.3. The molecular formula is C14H14BrCl2NS. The van der Waals surface area contributed by atoms with Crippen molar-refractivity contribution >= 4 is 50.5 Å². The molecule has 1 N–H and O–H groups in total. The van der Waals surface area contributed by atoms with Gasteiger partial charge in [-0.05, 0) is 52.7 Å². The van der Waals surface area contributed by atoms with Crippen LogP contribution in [0.1, 0.15) is 23.4 Å². The minimum Gasteiger partial charge on any atom is -0.309 e. The molecule has 0 radical (unpaired) electrons. The first kappa shape index (κ1) is 15.3. The average molecular weight is 379 g/mol. The van der Waals surface area contributed by atoms with Crippen LogP contribution in [0.2, 0.25) is 9.36 Å². The summed E-state index contributed by atoms with van der Waals surface area (Å²) in [7, 11) is 0. The summed E-state index contributed by atoms with van der Waals surface area (Å²) in [6.07, 6.45) is 0.900. The number of hydrogen-bond donors (Lipinski definition) is 1. The van der Waals surface area contributed by atoms with E-state index in [4.69, 9.17) is 23.2 Å². The number of rotatable bonds is 5. The molecule has 0 spiro atoms. The third-order valence-corrected chi connectivity index (χ3v) is 5.61. The molecule has 0 aliphatic heterocycles. The van der Waals surface area contributed by atoms with E-state index in [-0.39, 0.29) is 6.04 Å². The molecule has 0 fully saturated rings. The monoisotopic (exact) mass is 377 g/mol. The van der Waals surface area contributed by atoms with Crippen LogP contribution in [0.5, 0.6) is 0 Å². The lowest BCUT2D eigenvalue weighted by atomic mass is 10.0. The maximum atomic E-state index is 6.12. The van der Waals surface area contributed by atoms with Gasteiger partial charge in [-0.3, -0.25) is 0 Å². The highest BCUT2D eigenvalue weighted by Crippen LogP contribution is 2.36. The summed E-state index contributed by atoms with van der Waals surface area (Å²) < 4.78 is 1.76. The van der Waals surface area contributed by atoms with Crippen LogP contribution in [0.3, 0.4) is 0 Å². The highest BCUT2D eigenvalue weighted by molar-refractivity contribution is 9.10. The Kier molecular flexibility index (Phi) is 5.72. The Morgan fingerprint density at radius 3 is 2.68 bits per heavy atom. The molecule has 1 unspecified atom stereocenters. The van der Waals surface area contributed by atoms with E-state index in [0.717, 1.165) is 26.8 Å². The van der Waals surface area contributed by atoms with Crippen LogP contribution in [0, 0.1) is 0 Å². The molecule has 1 atom stereocenters. The molecule has 0 bridgehead atoms. The summed E-state index contributed by atoms with van der Waals surface area (Å²) >= 11 is 17.2. The molecule has 0 aliphatic carbocycles. The van der Waals surface area contributed by atoms with E-state index in [9.17, 15) is 0 Å². The maximum absolute atomic E-state index is 6.12. The van der Waals surface area contributed by atoms with Crippen molar-refractivity contribution in [2.24, 2.45) is 0 Å². The standard InChI is InChI=1S/C14H14BrCl2NS/c1-2-18-12(13-8-11(15)14(17)19-13)7-9-4-3-5-10(16)6-9/h3-6,8,12,18H,2,7H2,1H3. The van der Waals surface area contributed by atoms with E-state index in [1.165, 1.54) is 10.4 Å². The second-order valence-electron chi connectivity index (χ2n) is 4.21. The second-order valence-corrected chi connectivity index (χ2v) is 7.19. The molecule has 0 saturated carbocycles. The van der Waals surface area contributed by atoms with E-state index in [0.29, 0.717) is 0 Å². The fourth-order valence-electron chi connectivity index (χ4n) is 1.95. The summed E-state index contributed by atoms with van der Waals surface area (Å²) in [6, 6.07) is 10.3. The summed E-state index contributed by atoms with van der Waals surface area (Å²) in [6.45, 7) is 3.02. The molecule has 19 heavy (non-hydrogen) atoms. The molecule has 5 heteroatoms. The van der Waals surface area contributed by atoms with Gasteiger partial charge in [-0.1, -0.05) is 42.3 Å². The first-order chi connectivity index (χ1) is 9.10. The summed E-state index contributed by atoms with van der Waals surface area (Å²) in [5.41, 5.74) is 1.22. The van der Waals surface area contributed by atoms with Crippen LogP contribution in [0.25, 0.3) is 0 Å². The van der Waals surface area contributed by atoms with Crippen LogP contribution in [-0.2, 0) is 6.42 Å². The Morgan fingerprint density at radius 2 is 2.11 bits per heavy atom. The van der Waals surface area contributed by atoms with Gasteiger partial charge in [0.2, 0.25) is 0 Å². The predicted octanol–water partition coefficient (Wildman–Crippen LogP) is 5.71. The number of thiophene rings is 1. The topological polar surface area (TPSA) is 12.0 Å². The molecule has 0 saturated heterocycles. The van der Waals surface area contributed by atoms with Crippen LogP contribution in [0.4, 0.5) is 0 Å². The Labute approximate surface area is 136 Å². The zero-order valence-electron chi connectivity index (χ0n) is 10.4. The maximum Gasteiger partial charge on any atom is 0.107 e. The van der Waals surface area contributed by atoms with Gasteiger partial charge in [-0.25, -0.2) is 0 Å². The largest absolute Gasteiger partial charge is 0.309 e. The minimum atomic E-state index is 0.261. The summed E-state index contributed by atoms with van der Waals surface area (Å²) in [5, 5.41) is 4.27. The van der Waals surface area contributed by atoms with Gasteiger partial charge in [-0.15, -0.1) is 11.3 Å². The van der Waals surface area contributed by atoms with Crippen molar-refractivity contribution in [3.05, 3.63) is 54.6 Å². The van der Waals surface area contributed by atoms with E-state index >= 15 is 0 Å². The first-order valence-corrected chi connectivity index (χ1v) is 8.39. The van der Waals surface area contributed by atoms with Gasteiger partial charge in [0.1, 0.15) is 4.34 Å². The Morgan fingerprint density at radius 1 is 1.32 bits per heavy atom. The van der Waals surface area contributed by atoms with Gasteiger partial charge in [0.15, 0.2) is 0 Å². The second kappa shape index (κ2) is 7.09. The molecule has 2 rings (SSSR count). The van der Waals surface area contributed by atoms with Crippen molar-refractivity contribution in [3.63, 3.8) is 0 Å². The van der Waals surface area contributed by atoms with Crippen LogP contribution < -0.4 is 5.32 Å². The Bertz CT molecular complexity index is 537. The first-order valence-electron chi connectivity index (χ1n) is 6.02. The smallest absolute Gasteiger partial charge is 0.107 e. The van der Waals surface area contributed by atoms with Crippen molar-refractivity contribution in [1.29, 1.82) is 0 Å². The lowest BCUT2D eigenvalue weighted by molar-refractivity contribution is 0.558. The predicted molar refractivity (Wildman–Crippen MR) is 88.6 cm³/mol. The number of likely N-dealkylation sites (N-methyl/N-ethyl adjacent to an activating group) is 1. The molecule has 1 nitrogen and oxygen atoms in total. The SMILES string of the molecule is CCNC(Cc1cccc(Cl)c1)c1cc(Br)c(Cl)s1. The highest BCUT2D eigenvalue weighted by Gasteiger charge is 2.15. The fourth-order valence-corrected chi connectivity index (χ4v) is 3.98. The van der Waals surface area contributed by atoms with E-state index in [1.54, 1.807) is 11.3 Å². The number of nitrogens with one attached hydrogen (secondary N) is 1. The van der Waals surface area contributed by atoms with Gasteiger partial charge in [-0.2, -0.15) is 0 Å². The molecule has 102 valence electrons. The van der Waals surface area contributed by atoms with Crippen molar-refractivity contribution in [3.8, 4) is 0 Å². The lowest BCUT2D eigenvalue weighted by Crippen LogP contribution is -2.22. The normalized spacial score (nSPS) is 12.6. The van der Waals surface area contributed by atoms with Gasteiger partial charge in [0, 0.05) is 20.4 Å². The van der Waals surface area contributed by atoms with Crippen molar-refractivity contribution in [2.75, 3.05) is 6.54 Å². The third-order valence-electron chi connectivity index (χ3n) is 2.79. The zero-order chi connectivity index (χ0) is 13.8. The molecule has 0 aliphatic rings. The van der Waals surface area contributed by atoms with E-state index < -0.39 is 0 Å². The van der Waals surface area contributed by atoms with E-state index in [2.05, 4.69) is 40.3 Å². The molecule has 1 heterocycles. The number of hydrogen-bond acceptors (Lipinski definition) is 2. The summed E-state index contributed by atoms with van der Waals surface area (Å²) in [4.78, 5) is 1.23. The minimum absolute atomic E-state index is 0.261. The molecule has 1 aromatic heterocycles. The molecular weight excluding hydrogens is 365 g/mol. The Hall–Kier alpha value is -0.0600. The third kappa shape index (κ3) is 4.20. The van der Waals surface area contributed by atoms with E-state index in [1.807, 2.05) is 18.2 Å². The average Bonchev–Trinajstić information content (AvgIpc) is 2.69. The van der Waals surface area contributed by atoms with Crippen LogP contribution in [-0.4, -0.2) is 6.54 Å². The number of halogens is 3. The number of benzene rings is 1. The van der Waals surface area contributed by atoms with Gasteiger partial charge < -0.3 is 5.32 Å². The van der Waals surface area contributed by atoms with Crippen molar-refractivity contribution in [1.82, 2.24) is 5.32 Å². The quantitative estimate of drug-likeness (QED) is 0.702. The van der Waals surface area contributed by atoms with Crippen molar-refractivity contribution in [2.45, 2.75) is 19.4 Å².